The van der Waals surface area contributed by atoms with Gasteiger partial charge in [-0.25, -0.2) is 0 Å². The van der Waals surface area contributed by atoms with E-state index < -0.39 is 0 Å². The summed E-state index contributed by atoms with van der Waals surface area (Å²) in [5, 5.41) is 12.2. The van der Waals surface area contributed by atoms with Gasteiger partial charge in [0.05, 0.1) is 5.76 Å². The molecule has 1 nitrogen and oxygen atoms in total. The molecule has 0 amide bonds. The highest BCUT2D eigenvalue weighted by atomic mass is 16.3. The zero-order chi connectivity index (χ0) is 10.4. The lowest BCUT2D eigenvalue weighted by atomic mass is 10.0. The largest absolute Gasteiger partial charge is 0.512 e. The Bertz CT molecular complexity index is 570. The van der Waals surface area contributed by atoms with Crippen molar-refractivity contribution < 1.29 is 5.11 Å². The summed E-state index contributed by atoms with van der Waals surface area (Å²) in [5.41, 5.74) is 3.59. The summed E-state index contributed by atoms with van der Waals surface area (Å²) < 4.78 is 0. The van der Waals surface area contributed by atoms with Gasteiger partial charge in [-0.05, 0) is 28.8 Å². The average Bonchev–Trinajstić information content (AvgIpc) is 2.61. The van der Waals surface area contributed by atoms with Crippen LogP contribution in [-0.2, 0) is 6.42 Å². The van der Waals surface area contributed by atoms with Crippen LogP contribution in [0.2, 0.25) is 0 Å². The maximum atomic E-state index is 9.66. The van der Waals surface area contributed by atoms with Crippen LogP contribution in [0.25, 0.3) is 16.3 Å². The molecule has 1 aliphatic rings. The Morgan fingerprint density at radius 1 is 1.13 bits per heavy atom. The standard InChI is InChI=1S/C14H12O/c1-9(15)13-8-11-6-2-4-10-5-3-7-12(13)14(10)11/h2-7,15H,8H2,1H3/b13-9+. The zero-order valence-corrected chi connectivity index (χ0v) is 8.62. The van der Waals surface area contributed by atoms with Crippen LogP contribution < -0.4 is 0 Å². The third-order valence-corrected chi connectivity index (χ3v) is 3.12. The van der Waals surface area contributed by atoms with Crippen LogP contribution in [0.15, 0.2) is 42.2 Å². The molecule has 0 atom stereocenters. The van der Waals surface area contributed by atoms with Crippen LogP contribution in [0.1, 0.15) is 18.1 Å². The summed E-state index contributed by atoms with van der Waals surface area (Å²) in [5.74, 6) is 0.443. The van der Waals surface area contributed by atoms with Crippen molar-refractivity contribution >= 4 is 16.3 Å². The van der Waals surface area contributed by atoms with Crippen LogP contribution >= 0.6 is 0 Å². The second-order valence-electron chi connectivity index (χ2n) is 4.06. The molecule has 0 aliphatic heterocycles. The van der Waals surface area contributed by atoms with Gasteiger partial charge in [0.1, 0.15) is 0 Å². The van der Waals surface area contributed by atoms with E-state index >= 15 is 0 Å². The number of aliphatic hydroxyl groups is 1. The van der Waals surface area contributed by atoms with Crippen molar-refractivity contribution in [1.82, 2.24) is 0 Å². The minimum absolute atomic E-state index is 0.443. The molecule has 15 heavy (non-hydrogen) atoms. The molecule has 3 rings (SSSR count). The molecular weight excluding hydrogens is 184 g/mol. The van der Waals surface area contributed by atoms with Crippen molar-refractivity contribution in [3.63, 3.8) is 0 Å². The first-order valence-electron chi connectivity index (χ1n) is 5.17. The second kappa shape index (κ2) is 2.86. The molecule has 74 valence electrons. The summed E-state index contributed by atoms with van der Waals surface area (Å²) in [4.78, 5) is 0. The van der Waals surface area contributed by atoms with Crippen molar-refractivity contribution in [1.29, 1.82) is 0 Å². The van der Waals surface area contributed by atoms with E-state index in [4.69, 9.17) is 0 Å². The van der Waals surface area contributed by atoms with Crippen LogP contribution in [0.3, 0.4) is 0 Å². The highest BCUT2D eigenvalue weighted by Gasteiger charge is 2.19. The Morgan fingerprint density at radius 3 is 2.60 bits per heavy atom. The van der Waals surface area contributed by atoms with E-state index in [0.29, 0.717) is 5.76 Å². The summed E-state index contributed by atoms with van der Waals surface area (Å²) in [7, 11) is 0. The fourth-order valence-electron chi connectivity index (χ4n) is 2.43. The number of allylic oxidation sites excluding steroid dienone is 2. The fourth-order valence-corrected chi connectivity index (χ4v) is 2.43. The van der Waals surface area contributed by atoms with Gasteiger partial charge in [0.25, 0.3) is 0 Å². The van der Waals surface area contributed by atoms with Crippen LogP contribution in [-0.4, -0.2) is 5.11 Å². The predicted octanol–water partition coefficient (Wildman–Crippen LogP) is 3.68. The molecule has 0 unspecified atom stereocenters. The van der Waals surface area contributed by atoms with Crippen LogP contribution in [0, 0.1) is 0 Å². The molecule has 1 N–H and O–H groups in total. The van der Waals surface area contributed by atoms with Gasteiger partial charge >= 0.3 is 0 Å². The van der Waals surface area contributed by atoms with E-state index in [9.17, 15) is 5.11 Å². The number of aliphatic hydroxyl groups excluding tert-OH is 1. The van der Waals surface area contributed by atoms with E-state index in [1.54, 1.807) is 6.92 Å². The summed E-state index contributed by atoms with van der Waals surface area (Å²) in [6.07, 6.45) is 0.860. The Kier molecular flexibility index (Phi) is 1.63. The van der Waals surface area contributed by atoms with Gasteiger partial charge in [-0.15, -0.1) is 0 Å². The number of benzene rings is 2. The highest BCUT2D eigenvalue weighted by molar-refractivity contribution is 6.01. The van der Waals surface area contributed by atoms with Crippen molar-refractivity contribution in [3.8, 4) is 0 Å². The quantitative estimate of drug-likeness (QED) is 0.637. The lowest BCUT2D eigenvalue weighted by Gasteiger charge is -2.01. The molecule has 1 aliphatic carbocycles. The minimum Gasteiger partial charge on any atom is -0.512 e. The van der Waals surface area contributed by atoms with E-state index in [0.717, 1.165) is 12.0 Å². The number of hydrogen-bond acceptors (Lipinski definition) is 1. The molecule has 0 fully saturated rings. The normalized spacial score (nSPS) is 17.1. The molecule has 2 aromatic carbocycles. The van der Waals surface area contributed by atoms with Gasteiger partial charge in [-0.3, -0.25) is 0 Å². The van der Waals surface area contributed by atoms with Gasteiger partial charge in [-0.1, -0.05) is 36.4 Å². The molecule has 1 heteroatoms. The highest BCUT2D eigenvalue weighted by Crippen LogP contribution is 2.38. The Balaban J connectivity index is 2.47. The van der Waals surface area contributed by atoms with Crippen molar-refractivity contribution in [2.24, 2.45) is 0 Å². The van der Waals surface area contributed by atoms with Crippen molar-refractivity contribution in [2.75, 3.05) is 0 Å². The molecule has 0 saturated carbocycles. The predicted molar refractivity (Wildman–Crippen MR) is 62.9 cm³/mol. The van der Waals surface area contributed by atoms with E-state index in [2.05, 4.69) is 36.4 Å². The summed E-state index contributed by atoms with van der Waals surface area (Å²) in [6.45, 7) is 1.76. The molecule has 0 radical (unpaired) electrons. The molecule has 2 aromatic rings. The molecule has 0 heterocycles. The third kappa shape index (κ3) is 1.09. The fraction of sp³-hybridized carbons (Fsp3) is 0.143. The van der Waals surface area contributed by atoms with E-state index in [1.807, 2.05) is 0 Å². The van der Waals surface area contributed by atoms with Crippen LogP contribution in [0.4, 0.5) is 0 Å². The maximum absolute atomic E-state index is 9.66. The monoisotopic (exact) mass is 196 g/mol. The topological polar surface area (TPSA) is 20.2 Å². The second-order valence-corrected chi connectivity index (χ2v) is 4.06. The van der Waals surface area contributed by atoms with Crippen molar-refractivity contribution in [2.45, 2.75) is 13.3 Å². The number of rotatable bonds is 0. The summed E-state index contributed by atoms with van der Waals surface area (Å²) in [6, 6.07) is 12.6. The van der Waals surface area contributed by atoms with Gasteiger partial charge in [0.15, 0.2) is 0 Å². The van der Waals surface area contributed by atoms with E-state index in [1.165, 1.54) is 21.9 Å². The zero-order valence-electron chi connectivity index (χ0n) is 8.62. The Morgan fingerprint density at radius 2 is 1.87 bits per heavy atom. The van der Waals surface area contributed by atoms with Gasteiger partial charge in [0, 0.05) is 12.0 Å². The van der Waals surface area contributed by atoms with Crippen molar-refractivity contribution in [3.05, 3.63) is 53.3 Å². The number of hydrogen-bond donors (Lipinski definition) is 1. The maximum Gasteiger partial charge on any atom is 0.0933 e. The van der Waals surface area contributed by atoms with Gasteiger partial charge in [-0.2, -0.15) is 0 Å². The third-order valence-electron chi connectivity index (χ3n) is 3.12. The average molecular weight is 196 g/mol. The first kappa shape index (κ1) is 8.54. The van der Waals surface area contributed by atoms with Gasteiger partial charge < -0.3 is 5.11 Å². The van der Waals surface area contributed by atoms with E-state index in [-0.39, 0.29) is 0 Å². The lowest BCUT2D eigenvalue weighted by Crippen LogP contribution is -1.84. The van der Waals surface area contributed by atoms with Gasteiger partial charge in [0.2, 0.25) is 0 Å². The first-order valence-corrected chi connectivity index (χ1v) is 5.17. The molecular formula is C14H12O. The molecule has 0 aromatic heterocycles. The van der Waals surface area contributed by atoms with Crippen LogP contribution in [0.5, 0.6) is 0 Å². The lowest BCUT2D eigenvalue weighted by molar-refractivity contribution is 0.416. The smallest absolute Gasteiger partial charge is 0.0933 e. The molecule has 0 saturated heterocycles. The Hall–Kier alpha value is -1.76. The molecule has 0 bridgehead atoms. The SMILES string of the molecule is C/C(O)=C1/Cc2cccc3cccc1c23. The molecule has 0 spiro atoms. The minimum atomic E-state index is 0.443. The first-order chi connectivity index (χ1) is 7.27. The Labute approximate surface area is 88.7 Å². The summed E-state index contributed by atoms with van der Waals surface area (Å²) >= 11 is 0.